The lowest BCUT2D eigenvalue weighted by Crippen LogP contribution is -2.38. The standard InChI is InChI=1S/C13H16Cl2N2O2S.ClH/c14-11-5-8(13(15)20-11)10(18)3-4-12(19)17-6-9(16)7-1-2-7;/h5,7,9H,1-4,6,16H2,(H,17,19);1H. The maximum Gasteiger partial charge on any atom is 0.220 e. The molecule has 4 nitrogen and oxygen atoms in total. The number of Topliss-reactive ketones (excluding diaryl/α,β-unsaturated/α-hetero) is 1. The first-order chi connectivity index (χ1) is 9.47. The van der Waals surface area contributed by atoms with Crippen LogP contribution in [0.3, 0.4) is 0 Å². The molecule has 1 atom stereocenters. The maximum absolute atomic E-state index is 11.9. The molecule has 1 unspecified atom stereocenters. The topological polar surface area (TPSA) is 72.2 Å². The lowest BCUT2D eigenvalue weighted by molar-refractivity contribution is -0.121. The molecule has 8 heteroatoms. The minimum atomic E-state index is -0.167. The Morgan fingerprint density at radius 2 is 2.05 bits per heavy atom. The third-order valence-electron chi connectivity index (χ3n) is 3.30. The van der Waals surface area contributed by atoms with Crippen molar-refractivity contribution in [3.8, 4) is 0 Å². The number of nitrogens with one attached hydrogen (secondary N) is 1. The summed E-state index contributed by atoms with van der Waals surface area (Å²) in [7, 11) is 0. The van der Waals surface area contributed by atoms with Gasteiger partial charge in [-0.05, 0) is 24.8 Å². The summed E-state index contributed by atoms with van der Waals surface area (Å²) in [5, 5.41) is 2.76. The van der Waals surface area contributed by atoms with Crippen LogP contribution in [-0.2, 0) is 4.79 Å². The SMILES string of the molecule is Cl.NC(CNC(=O)CCC(=O)c1cc(Cl)sc1Cl)C1CC1. The molecule has 1 aliphatic rings. The summed E-state index contributed by atoms with van der Waals surface area (Å²) < 4.78 is 0.842. The molecule has 1 aromatic rings. The van der Waals surface area contributed by atoms with E-state index in [-0.39, 0.29) is 43.0 Å². The predicted molar refractivity (Wildman–Crippen MR) is 88.9 cm³/mol. The van der Waals surface area contributed by atoms with E-state index in [9.17, 15) is 9.59 Å². The summed E-state index contributed by atoms with van der Waals surface area (Å²) >= 11 is 12.8. The number of halogens is 3. The minimum Gasteiger partial charge on any atom is -0.355 e. The molecule has 0 bridgehead atoms. The zero-order valence-electron chi connectivity index (χ0n) is 11.2. The molecule has 2 rings (SSSR count). The van der Waals surface area contributed by atoms with Crippen molar-refractivity contribution in [1.29, 1.82) is 0 Å². The normalized spacial score (nSPS) is 15.2. The lowest BCUT2D eigenvalue weighted by atomic mass is 10.1. The van der Waals surface area contributed by atoms with Gasteiger partial charge in [0.05, 0.1) is 4.34 Å². The quantitative estimate of drug-likeness (QED) is 0.722. The van der Waals surface area contributed by atoms with Gasteiger partial charge in [0.1, 0.15) is 4.34 Å². The number of amides is 1. The molecule has 1 fully saturated rings. The Balaban J connectivity index is 0.00000220. The zero-order valence-corrected chi connectivity index (χ0v) is 14.4. The average molecular weight is 372 g/mol. The molecule has 118 valence electrons. The Kier molecular flexibility index (Phi) is 7.44. The Hall–Kier alpha value is -0.330. The van der Waals surface area contributed by atoms with Gasteiger partial charge in [-0.3, -0.25) is 9.59 Å². The van der Waals surface area contributed by atoms with Gasteiger partial charge in [0.2, 0.25) is 5.91 Å². The van der Waals surface area contributed by atoms with Crippen LogP contribution >= 0.6 is 46.9 Å². The summed E-state index contributed by atoms with van der Waals surface area (Å²) in [4.78, 5) is 23.5. The van der Waals surface area contributed by atoms with E-state index in [1.54, 1.807) is 0 Å². The summed E-state index contributed by atoms with van der Waals surface area (Å²) in [5.74, 6) is 0.218. The van der Waals surface area contributed by atoms with E-state index in [1.165, 1.54) is 6.07 Å². The highest BCUT2D eigenvalue weighted by molar-refractivity contribution is 7.20. The Labute approximate surface area is 143 Å². The van der Waals surface area contributed by atoms with Crippen molar-refractivity contribution in [2.75, 3.05) is 6.54 Å². The summed E-state index contributed by atoms with van der Waals surface area (Å²) in [5.41, 5.74) is 6.28. The van der Waals surface area contributed by atoms with Crippen molar-refractivity contribution in [2.45, 2.75) is 31.7 Å². The minimum absolute atomic E-state index is 0. The summed E-state index contributed by atoms with van der Waals surface area (Å²) in [6.45, 7) is 0.475. The molecule has 3 N–H and O–H groups in total. The third-order valence-corrected chi connectivity index (χ3v) is 4.79. The smallest absolute Gasteiger partial charge is 0.220 e. The largest absolute Gasteiger partial charge is 0.355 e. The van der Waals surface area contributed by atoms with Gasteiger partial charge in [0, 0.05) is 31.0 Å². The molecule has 0 aromatic carbocycles. The van der Waals surface area contributed by atoms with Crippen LogP contribution in [0, 0.1) is 5.92 Å². The van der Waals surface area contributed by atoms with Crippen LogP contribution in [-0.4, -0.2) is 24.3 Å². The highest BCUT2D eigenvalue weighted by Crippen LogP contribution is 2.32. The second kappa shape index (κ2) is 8.34. The van der Waals surface area contributed by atoms with E-state index in [4.69, 9.17) is 28.9 Å². The number of hydrogen-bond acceptors (Lipinski definition) is 4. The number of thiophene rings is 1. The Morgan fingerprint density at radius 3 is 2.57 bits per heavy atom. The van der Waals surface area contributed by atoms with Crippen molar-refractivity contribution >= 4 is 58.6 Å². The second-order valence-electron chi connectivity index (χ2n) is 4.97. The van der Waals surface area contributed by atoms with E-state index in [1.807, 2.05) is 0 Å². The Morgan fingerprint density at radius 1 is 1.38 bits per heavy atom. The fourth-order valence-electron chi connectivity index (χ4n) is 1.90. The van der Waals surface area contributed by atoms with Crippen LogP contribution in [0.2, 0.25) is 8.67 Å². The first kappa shape index (κ1) is 18.7. The molecule has 1 aromatic heterocycles. The zero-order chi connectivity index (χ0) is 14.7. The Bertz CT molecular complexity index is 518. The summed E-state index contributed by atoms with van der Waals surface area (Å²) in [6, 6.07) is 1.57. The summed E-state index contributed by atoms with van der Waals surface area (Å²) in [6.07, 6.45) is 2.55. The second-order valence-corrected chi connectivity index (χ2v) is 7.25. The monoisotopic (exact) mass is 370 g/mol. The van der Waals surface area contributed by atoms with Gasteiger partial charge in [-0.15, -0.1) is 23.7 Å². The van der Waals surface area contributed by atoms with Crippen LogP contribution in [0.5, 0.6) is 0 Å². The number of nitrogens with two attached hydrogens (primary N) is 1. The van der Waals surface area contributed by atoms with Crippen LogP contribution in [0.15, 0.2) is 6.07 Å². The van der Waals surface area contributed by atoms with E-state index in [0.717, 1.165) is 24.2 Å². The molecule has 0 saturated heterocycles. The van der Waals surface area contributed by atoms with Crippen molar-refractivity contribution < 1.29 is 9.59 Å². The van der Waals surface area contributed by atoms with E-state index < -0.39 is 0 Å². The molecule has 21 heavy (non-hydrogen) atoms. The lowest BCUT2D eigenvalue weighted by Gasteiger charge is -2.11. The molecular weight excluding hydrogens is 355 g/mol. The third kappa shape index (κ3) is 5.75. The number of ketones is 1. The van der Waals surface area contributed by atoms with Crippen molar-refractivity contribution in [3.63, 3.8) is 0 Å². The van der Waals surface area contributed by atoms with Gasteiger partial charge in [-0.1, -0.05) is 23.2 Å². The highest BCUT2D eigenvalue weighted by atomic mass is 35.5. The predicted octanol–water partition coefficient (Wildman–Crippen LogP) is 3.29. The van der Waals surface area contributed by atoms with Crippen molar-refractivity contribution in [1.82, 2.24) is 5.32 Å². The van der Waals surface area contributed by atoms with Crippen molar-refractivity contribution in [2.24, 2.45) is 11.7 Å². The van der Waals surface area contributed by atoms with Crippen molar-refractivity contribution in [3.05, 3.63) is 20.3 Å². The fourth-order valence-corrected chi connectivity index (χ4v) is 3.40. The number of carbonyl (C=O) groups is 2. The maximum atomic E-state index is 11.9. The van der Waals surface area contributed by atoms with E-state index in [0.29, 0.717) is 26.7 Å². The van der Waals surface area contributed by atoms with Crippen LogP contribution < -0.4 is 11.1 Å². The number of carbonyl (C=O) groups excluding carboxylic acids is 2. The molecule has 1 heterocycles. The fraction of sp³-hybridized carbons (Fsp3) is 0.538. The molecule has 0 radical (unpaired) electrons. The molecule has 0 spiro atoms. The van der Waals surface area contributed by atoms with Gasteiger partial charge in [-0.25, -0.2) is 0 Å². The van der Waals surface area contributed by atoms with Gasteiger partial charge >= 0.3 is 0 Å². The molecule has 0 aliphatic heterocycles. The van der Waals surface area contributed by atoms with Crippen LogP contribution in [0.1, 0.15) is 36.0 Å². The number of hydrogen-bond donors (Lipinski definition) is 2. The van der Waals surface area contributed by atoms with Gasteiger partial charge in [-0.2, -0.15) is 0 Å². The highest BCUT2D eigenvalue weighted by Gasteiger charge is 2.28. The van der Waals surface area contributed by atoms with Gasteiger partial charge < -0.3 is 11.1 Å². The molecule has 1 saturated carbocycles. The molecule has 1 aliphatic carbocycles. The molecular formula is C13H17Cl3N2O2S. The van der Waals surface area contributed by atoms with E-state index in [2.05, 4.69) is 5.32 Å². The van der Waals surface area contributed by atoms with Crippen LogP contribution in [0.4, 0.5) is 0 Å². The van der Waals surface area contributed by atoms with Crippen LogP contribution in [0.25, 0.3) is 0 Å². The number of rotatable bonds is 7. The van der Waals surface area contributed by atoms with E-state index >= 15 is 0 Å². The average Bonchev–Trinajstić information content (AvgIpc) is 3.19. The van der Waals surface area contributed by atoms with Gasteiger partial charge in [0.15, 0.2) is 5.78 Å². The molecule has 1 amide bonds. The first-order valence-corrected chi connectivity index (χ1v) is 8.05. The first-order valence-electron chi connectivity index (χ1n) is 6.47. The van der Waals surface area contributed by atoms with Gasteiger partial charge in [0.25, 0.3) is 0 Å².